The minimum atomic E-state index is 0.370. The van der Waals surface area contributed by atoms with E-state index in [9.17, 15) is 5.11 Å². The minimum Gasteiger partial charge on any atom is -0.508 e. The maximum Gasteiger partial charge on any atom is 0.120 e. The van der Waals surface area contributed by atoms with E-state index in [1.807, 2.05) is 12.1 Å². The van der Waals surface area contributed by atoms with E-state index in [0.717, 1.165) is 29.0 Å². The lowest BCUT2D eigenvalue weighted by Crippen LogP contribution is -2.27. The van der Waals surface area contributed by atoms with Gasteiger partial charge in [0.15, 0.2) is 0 Å². The van der Waals surface area contributed by atoms with Crippen molar-refractivity contribution in [2.75, 3.05) is 6.54 Å². The zero-order valence-electron chi connectivity index (χ0n) is 10.5. The molecule has 2 N–H and O–H groups in total. The van der Waals surface area contributed by atoms with Gasteiger partial charge in [0, 0.05) is 23.1 Å². The fourth-order valence-electron chi connectivity index (χ4n) is 2.26. The van der Waals surface area contributed by atoms with Crippen molar-refractivity contribution in [3.63, 3.8) is 0 Å². The van der Waals surface area contributed by atoms with E-state index in [-0.39, 0.29) is 0 Å². The highest BCUT2D eigenvalue weighted by Gasteiger charge is 2.44. The van der Waals surface area contributed by atoms with Crippen molar-refractivity contribution in [1.82, 2.24) is 5.32 Å². The van der Waals surface area contributed by atoms with Crippen LogP contribution in [0.1, 0.15) is 32.3 Å². The SMILES string of the molecule is CC(C)C1(CNCc2cc(Br)ccc2O)CC1. The van der Waals surface area contributed by atoms with Gasteiger partial charge in [-0.25, -0.2) is 0 Å². The van der Waals surface area contributed by atoms with E-state index in [4.69, 9.17) is 0 Å². The van der Waals surface area contributed by atoms with E-state index in [0.29, 0.717) is 11.2 Å². The molecule has 2 nitrogen and oxygen atoms in total. The molecule has 1 fully saturated rings. The van der Waals surface area contributed by atoms with Crippen LogP contribution >= 0.6 is 15.9 Å². The Morgan fingerprint density at radius 3 is 2.71 bits per heavy atom. The number of hydrogen-bond acceptors (Lipinski definition) is 2. The van der Waals surface area contributed by atoms with Gasteiger partial charge in [0.2, 0.25) is 0 Å². The number of phenols is 1. The first-order chi connectivity index (χ1) is 8.03. The molecule has 1 aliphatic carbocycles. The Morgan fingerprint density at radius 1 is 1.41 bits per heavy atom. The fraction of sp³-hybridized carbons (Fsp3) is 0.571. The normalized spacial score (nSPS) is 17.4. The largest absolute Gasteiger partial charge is 0.508 e. The third-order valence-corrected chi connectivity index (χ3v) is 4.44. The Bertz CT molecular complexity index is 399. The van der Waals surface area contributed by atoms with Gasteiger partial charge in [-0.15, -0.1) is 0 Å². The van der Waals surface area contributed by atoms with E-state index in [1.165, 1.54) is 12.8 Å². The molecule has 94 valence electrons. The third kappa shape index (κ3) is 3.02. The summed E-state index contributed by atoms with van der Waals surface area (Å²) in [4.78, 5) is 0. The zero-order chi connectivity index (χ0) is 12.5. The van der Waals surface area contributed by atoms with Crippen LogP contribution in [0.4, 0.5) is 0 Å². The highest BCUT2D eigenvalue weighted by atomic mass is 79.9. The van der Waals surface area contributed by atoms with E-state index in [1.54, 1.807) is 6.07 Å². The van der Waals surface area contributed by atoms with Gasteiger partial charge in [-0.2, -0.15) is 0 Å². The average Bonchev–Trinajstić information content (AvgIpc) is 3.04. The molecule has 17 heavy (non-hydrogen) atoms. The van der Waals surface area contributed by atoms with Crippen LogP contribution in [0.15, 0.2) is 22.7 Å². The molecule has 1 aliphatic rings. The summed E-state index contributed by atoms with van der Waals surface area (Å²) in [5.41, 5.74) is 1.47. The summed E-state index contributed by atoms with van der Waals surface area (Å²) in [6, 6.07) is 5.56. The summed E-state index contributed by atoms with van der Waals surface area (Å²) in [7, 11) is 0. The van der Waals surface area contributed by atoms with Gasteiger partial charge in [-0.05, 0) is 42.4 Å². The molecule has 0 atom stereocenters. The van der Waals surface area contributed by atoms with Crippen LogP contribution in [0.25, 0.3) is 0 Å². The van der Waals surface area contributed by atoms with Gasteiger partial charge >= 0.3 is 0 Å². The molecular formula is C14H20BrNO. The van der Waals surface area contributed by atoms with Crippen molar-refractivity contribution in [2.45, 2.75) is 33.2 Å². The lowest BCUT2D eigenvalue weighted by atomic mass is 9.92. The van der Waals surface area contributed by atoms with Crippen molar-refractivity contribution in [1.29, 1.82) is 0 Å². The van der Waals surface area contributed by atoms with Gasteiger partial charge in [-0.3, -0.25) is 0 Å². The number of nitrogens with one attached hydrogen (secondary N) is 1. The molecule has 0 aliphatic heterocycles. The average molecular weight is 298 g/mol. The molecule has 3 heteroatoms. The number of aromatic hydroxyl groups is 1. The van der Waals surface area contributed by atoms with Crippen molar-refractivity contribution >= 4 is 15.9 Å². The highest BCUT2D eigenvalue weighted by molar-refractivity contribution is 9.10. The molecule has 0 bridgehead atoms. The first-order valence-corrected chi connectivity index (χ1v) is 7.01. The Labute approximate surface area is 112 Å². The topological polar surface area (TPSA) is 32.3 Å². The van der Waals surface area contributed by atoms with Crippen LogP contribution in [0.5, 0.6) is 5.75 Å². The number of rotatable bonds is 5. The molecular weight excluding hydrogens is 278 g/mol. The van der Waals surface area contributed by atoms with Crippen molar-refractivity contribution in [3.05, 3.63) is 28.2 Å². The second-order valence-electron chi connectivity index (χ2n) is 5.39. The maximum absolute atomic E-state index is 9.73. The van der Waals surface area contributed by atoms with Crippen molar-refractivity contribution in [2.24, 2.45) is 11.3 Å². The Balaban J connectivity index is 1.88. The van der Waals surface area contributed by atoms with Crippen LogP contribution in [-0.4, -0.2) is 11.7 Å². The van der Waals surface area contributed by atoms with Gasteiger partial charge in [-0.1, -0.05) is 29.8 Å². The third-order valence-electron chi connectivity index (χ3n) is 3.95. The van der Waals surface area contributed by atoms with Gasteiger partial charge < -0.3 is 10.4 Å². The maximum atomic E-state index is 9.73. The molecule has 1 aromatic rings. The molecule has 0 aromatic heterocycles. The van der Waals surface area contributed by atoms with Crippen LogP contribution in [-0.2, 0) is 6.54 Å². The number of halogens is 1. The molecule has 0 amide bonds. The molecule has 1 saturated carbocycles. The highest BCUT2D eigenvalue weighted by Crippen LogP contribution is 2.51. The van der Waals surface area contributed by atoms with E-state index < -0.39 is 0 Å². The number of benzene rings is 1. The predicted octanol–water partition coefficient (Wildman–Crippen LogP) is 3.68. The molecule has 1 aromatic carbocycles. The molecule has 0 radical (unpaired) electrons. The van der Waals surface area contributed by atoms with E-state index in [2.05, 4.69) is 35.1 Å². The lowest BCUT2D eigenvalue weighted by Gasteiger charge is -2.20. The van der Waals surface area contributed by atoms with Crippen molar-refractivity contribution in [3.8, 4) is 5.75 Å². The van der Waals surface area contributed by atoms with Crippen molar-refractivity contribution < 1.29 is 5.11 Å². The lowest BCUT2D eigenvalue weighted by molar-refractivity contribution is 0.336. The summed E-state index contributed by atoms with van der Waals surface area (Å²) in [5, 5.41) is 13.2. The monoisotopic (exact) mass is 297 g/mol. The molecule has 2 rings (SSSR count). The van der Waals surface area contributed by atoms with E-state index >= 15 is 0 Å². The van der Waals surface area contributed by atoms with Crippen LogP contribution in [0.3, 0.4) is 0 Å². The zero-order valence-corrected chi connectivity index (χ0v) is 12.0. The fourth-order valence-corrected chi connectivity index (χ4v) is 2.67. The molecule has 0 saturated heterocycles. The van der Waals surface area contributed by atoms with Crippen LogP contribution in [0.2, 0.25) is 0 Å². The van der Waals surface area contributed by atoms with Gasteiger partial charge in [0.25, 0.3) is 0 Å². The van der Waals surface area contributed by atoms with Gasteiger partial charge in [0.05, 0.1) is 0 Å². The number of phenolic OH excluding ortho intramolecular Hbond substituents is 1. The van der Waals surface area contributed by atoms with Crippen LogP contribution < -0.4 is 5.32 Å². The summed E-state index contributed by atoms with van der Waals surface area (Å²) < 4.78 is 1.01. The summed E-state index contributed by atoms with van der Waals surface area (Å²) in [6.45, 7) is 6.38. The summed E-state index contributed by atoms with van der Waals surface area (Å²) in [5.74, 6) is 1.11. The molecule has 0 unspecified atom stereocenters. The molecule has 0 spiro atoms. The van der Waals surface area contributed by atoms with Gasteiger partial charge in [0.1, 0.15) is 5.75 Å². The first-order valence-electron chi connectivity index (χ1n) is 6.22. The summed E-state index contributed by atoms with van der Waals surface area (Å²) >= 11 is 3.42. The second-order valence-corrected chi connectivity index (χ2v) is 6.31. The molecule has 0 heterocycles. The second kappa shape index (κ2) is 4.99. The standard InChI is InChI=1S/C14H20BrNO/c1-10(2)14(5-6-14)9-16-8-11-7-12(15)3-4-13(11)17/h3-4,7,10,16-17H,5-6,8-9H2,1-2H3. The summed E-state index contributed by atoms with van der Waals surface area (Å²) in [6.07, 6.45) is 2.67. The predicted molar refractivity (Wildman–Crippen MR) is 74.0 cm³/mol. The van der Waals surface area contributed by atoms with Crippen LogP contribution in [0, 0.1) is 11.3 Å². The number of hydrogen-bond donors (Lipinski definition) is 2. The first kappa shape index (κ1) is 12.9. The Hall–Kier alpha value is -0.540. The Morgan fingerprint density at radius 2 is 2.12 bits per heavy atom. The Kier molecular flexibility index (Phi) is 3.79. The quantitative estimate of drug-likeness (QED) is 0.869. The minimum absolute atomic E-state index is 0.370. The smallest absolute Gasteiger partial charge is 0.120 e.